The first-order valence-corrected chi connectivity index (χ1v) is 6.78. The van der Waals surface area contributed by atoms with Gasteiger partial charge in [0.05, 0.1) is 0 Å². The second-order valence-electron chi connectivity index (χ2n) is 3.87. The van der Waals surface area contributed by atoms with Gasteiger partial charge < -0.3 is 14.6 Å². The molecule has 0 aromatic heterocycles. The summed E-state index contributed by atoms with van der Waals surface area (Å²) in [6.45, 7) is 1.02. The maximum Gasteiger partial charge on any atom is 0.349 e. The molecule has 0 amide bonds. The Labute approximate surface area is 129 Å². The Morgan fingerprint density at radius 1 is 1.24 bits per heavy atom. The molecule has 0 unspecified atom stereocenters. The van der Waals surface area contributed by atoms with Crippen LogP contribution >= 0.6 is 15.9 Å². The predicted molar refractivity (Wildman–Crippen MR) is 76.7 cm³/mol. The van der Waals surface area contributed by atoms with E-state index in [9.17, 15) is 14.4 Å². The van der Waals surface area contributed by atoms with E-state index in [1.165, 1.54) is 0 Å². The lowest BCUT2D eigenvalue weighted by molar-refractivity contribution is -0.151. The summed E-state index contributed by atoms with van der Waals surface area (Å²) in [4.78, 5) is 33.5. The molecule has 1 N–H and O–H groups in total. The summed E-state index contributed by atoms with van der Waals surface area (Å²) in [6, 6.07) is 6.54. The number of rotatable bonds is 6. The van der Waals surface area contributed by atoms with Crippen LogP contribution in [0.5, 0.6) is 5.75 Å². The van der Waals surface area contributed by atoms with Crippen molar-refractivity contribution in [2.24, 2.45) is 0 Å². The van der Waals surface area contributed by atoms with Gasteiger partial charge >= 0.3 is 17.9 Å². The number of halogens is 1. The second kappa shape index (κ2) is 8.21. The zero-order valence-corrected chi connectivity index (χ0v) is 12.8. The van der Waals surface area contributed by atoms with E-state index in [0.717, 1.165) is 10.5 Å². The van der Waals surface area contributed by atoms with E-state index in [4.69, 9.17) is 14.6 Å². The van der Waals surface area contributed by atoms with Gasteiger partial charge in [-0.3, -0.25) is 0 Å². The number of hydrogen-bond acceptors (Lipinski definition) is 5. The first-order chi connectivity index (χ1) is 9.92. The molecule has 1 rings (SSSR count). The standard InChI is InChI=1S/C14H13BrO6/c1-2-9(7-12(16)17)14(19)20-8-13(18)21-11-5-3-10(15)4-6-11/h3-7H,2,8H2,1H3,(H,16,17)/b9-7+. The van der Waals surface area contributed by atoms with Gasteiger partial charge in [0.1, 0.15) is 5.75 Å². The highest BCUT2D eigenvalue weighted by Crippen LogP contribution is 2.16. The molecule has 21 heavy (non-hydrogen) atoms. The van der Waals surface area contributed by atoms with Gasteiger partial charge in [0, 0.05) is 16.1 Å². The van der Waals surface area contributed by atoms with Gasteiger partial charge in [0.25, 0.3) is 0 Å². The van der Waals surface area contributed by atoms with E-state index in [2.05, 4.69) is 15.9 Å². The molecule has 0 saturated heterocycles. The molecular formula is C14H13BrO6. The summed E-state index contributed by atoms with van der Waals surface area (Å²) in [5.41, 5.74) is -0.0288. The number of hydrogen-bond donors (Lipinski definition) is 1. The van der Waals surface area contributed by atoms with E-state index >= 15 is 0 Å². The van der Waals surface area contributed by atoms with Crippen LogP contribution in [0.15, 0.2) is 40.4 Å². The molecule has 7 heteroatoms. The van der Waals surface area contributed by atoms with Crippen molar-refractivity contribution in [2.75, 3.05) is 6.61 Å². The molecule has 1 aromatic carbocycles. The fourth-order valence-electron chi connectivity index (χ4n) is 1.34. The smallest absolute Gasteiger partial charge is 0.349 e. The molecule has 0 aliphatic carbocycles. The van der Waals surface area contributed by atoms with E-state index in [-0.39, 0.29) is 12.0 Å². The summed E-state index contributed by atoms with van der Waals surface area (Å²) in [6.07, 6.45) is 0.940. The topological polar surface area (TPSA) is 89.9 Å². The molecule has 0 aliphatic heterocycles. The zero-order chi connectivity index (χ0) is 15.8. The van der Waals surface area contributed by atoms with Gasteiger partial charge in [-0.15, -0.1) is 0 Å². The minimum atomic E-state index is -1.25. The monoisotopic (exact) mass is 356 g/mol. The normalized spacial score (nSPS) is 10.9. The van der Waals surface area contributed by atoms with Crippen molar-refractivity contribution >= 4 is 33.8 Å². The van der Waals surface area contributed by atoms with Crippen molar-refractivity contribution in [2.45, 2.75) is 13.3 Å². The third-order valence-corrected chi connectivity index (χ3v) is 2.84. The lowest BCUT2D eigenvalue weighted by Crippen LogP contribution is -2.20. The number of carboxylic acid groups (broad SMARTS) is 1. The maximum atomic E-state index is 11.5. The Morgan fingerprint density at radius 2 is 1.86 bits per heavy atom. The Balaban J connectivity index is 2.50. The Kier molecular flexibility index (Phi) is 6.61. The Morgan fingerprint density at radius 3 is 2.38 bits per heavy atom. The van der Waals surface area contributed by atoms with E-state index in [1.807, 2.05) is 0 Å². The zero-order valence-electron chi connectivity index (χ0n) is 11.2. The lowest BCUT2D eigenvalue weighted by atomic mass is 10.2. The van der Waals surface area contributed by atoms with Crippen LogP contribution in [0.4, 0.5) is 0 Å². The average Bonchev–Trinajstić information content (AvgIpc) is 2.44. The van der Waals surface area contributed by atoms with Crippen molar-refractivity contribution in [3.05, 3.63) is 40.4 Å². The maximum absolute atomic E-state index is 11.5. The van der Waals surface area contributed by atoms with Gasteiger partial charge in [0.2, 0.25) is 0 Å². The van der Waals surface area contributed by atoms with Crippen molar-refractivity contribution < 1.29 is 29.0 Å². The fourth-order valence-corrected chi connectivity index (χ4v) is 1.60. The Bertz CT molecular complexity index is 561. The molecule has 112 valence electrons. The number of ether oxygens (including phenoxy) is 2. The van der Waals surface area contributed by atoms with Crippen molar-refractivity contribution in [3.63, 3.8) is 0 Å². The summed E-state index contributed by atoms with van der Waals surface area (Å²) in [5, 5.41) is 8.58. The summed E-state index contributed by atoms with van der Waals surface area (Å²) in [7, 11) is 0. The molecule has 0 spiro atoms. The number of carbonyl (C=O) groups excluding carboxylic acids is 2. The molecule has 0 heterocycles. The SMILES string of the molecule is CC/C(=C\C(=O)O)C(=O)OCC(=O)Oc1ccc(Br)cc1. The molecule has 0 aliphatic rings. The molecule has 0 bridgehead atoms. The highest BCUT2D eigenvalue weighted by Gasteiger charge is 2.14. The third-order valence-electron chi connectivity index (χ3n) is 2.31. The fraction of sp³-hybridized carbons (Fsp3) is 0.214. The highest BCUT2D eigenvalue weighted by molar-refractivity contribution is 9.10. The lowest BCUT2D eigenvalue weighted by Gasteiger charge is -2.06. The predicted octanol–water partition coefficient (Wildman–Crippen LogP) is 2.32. The summed E-state index contributed by atoms with van der Waals surface area (Å²) >= 11 is 3.24. The Hall–Kier alpha value is -2.15. The van der Waals surface area contributed by atoms with Gasteiger partial charge in [-0.2, -0.15) is 0 Å². The summed E-state index contributed by atoms with van der Waals surface area (Å²) < 4.78 is 10.5. The number of carboxylic acids is 1. The van der Waals surface area contributed by atoms with Crippen molar-refractivity contribution in [1.82, 2.24) is 0 Å². The molecule has 6 nitrogen and oxygen atoms in total. The molecule has 1 aromatic rings. The minimum absolute atomic E-state index is 0.0288. The molecule has 0 fully saturated rings. The summed E-state index contributed by atoms with van der Waals surface area (Å²) in [5.74, 6) is -2.54. The van der Waals surface area contributed by atoms with Crippen LogP contribution in [0.1, 0.15) is 13.3 Å². The van der Waals surface area contributed by atoms with Gasteiger partial charge in [-0.05, 0) is 30.7 Å². The van der Waals surface area contributed by atoms with Gasteiger partial charge in [-0.25, -0.2) is 14.4 Å². The minimum Gasteiger partial charge on any atom is -0.478 e. The van der Waals surface area contributed by atoms with Crippen LogP contribution in [-0.4, -0.2) is 29.6 Å². The van der Waals surface area contributed by atoms with E-state index in [0.29, 0.717) is 5.75 Å². The first kappa shape index (κ1) is 16.9. The first-order valence-electron chi connectivity index (χ1n) is 5.99. The van der Waals surface area contributed by atoms with Crippen LogP contribution in [0.25, 0.3) is 0 Å². The number of esters is 2. The van der Waals surface area contributed by atoms with Crippen LogP contribution in [0.3, 0.4) is 0 Å². The van der Waals surface area contributed by atoms with Crippen molar-refractivity contribution in [3.8, 4) is 5.75 Å². The molecule has 0 saturated carbocycles. The van der Waals surface area contributed by atoms with Gasteiger partial charge in [0.15, 0.2) is 6.61 Å². The average molecular weight is 357 g/mol. The van der Waals surface area contributed by atoms with E-state index < -0.39 is 24.5 Å². The van der Waals surface area contributed by atoms with Crippen LogP contribution in [-0.2, 0) is 19.1 Å². The van der Waals surface area contributed by atoms with E-state index in [1.54, 1.807) is 31.2 Å². The van der Waals surface area contributed by atoms with Gasteiger partial charge in [-0.1, -0.05) is 22.9 Å². The number of benzene rings is 1. The van der Waals surface area contributed by atoms with Crippen molar-refractivity contribution in [1.29, 1.82) is 0 Å². The highest BCUT2D eigenvalue weighted by atomic mass is 79.9. The van der Waals surface area contributed by atoms with Crippen LogP contribution < -0.4 is 4.74 Å². The number of carbonyl (C=O) groups is 3. The molecule has 0 atom stereocenters. The molecular weight excluding hydrogens is 344 g/mol. The largest absolute Gasteiger partial charge is 0.478 e. The number of aliphatic carboxylic acids is 1. The molecule has 0 radical (unpaired) electrons. The van der Waals surface area contributed by atoms with Crippen LogP contribution in [0.2, 0.25) is 0 Å². The second-order valence-corrected chi connectivity index (χ2v) is 4.78. The quantitative estimate of drug-likeness (QED) is 0.477. The third kappa shape index (κ3) is 6.22. The van der Waals surface area contributed by atoms with Crippen LogP contribution in [0, 0.1) is 0 Å².